The molecule has 0 bridgehead atoms. The first-order chi connectivity index (χ1) is 22.9. The summed E-state index contributed by atoms with van der Waals surface area (Å²) in [6.45, 7) is 0. The van der Waals surface area contributed by atoms with E-state index in [-0.39, 0.29) is 0 Å². The SMILES string of the molecule is Fc1cc(F)cc(-c2ccc3c(c2)c2cc(-c4cc(F)cc(F)c4)ccc2n3-c2ccccc2-c2ccncc2-c2cnccn2)c1. The molecule has 8 rings (SSSR count). The standard InChI is InChI=1S/C39H22F4N4/c40-27-13-25(14-28(41)19-27)23-5-7-38-33(17-23)34-18-24(26-15-29(42)20-30(43)16-26)6-8-39(34)47(38)37-4-2-1-3-32(37)31-9-10-44-21-35(31)36-22-45-11-12-46-36/h1-22H. The molecule has 0 atom stereocenters. The van der Waals surface area contributed by atoms with Gasteiger partial charge in [-0.05, 0) is 88.5 Å². The van der Waals surface area contributed by atoms with Crippen LogP contribution in [0.15, 0.2) is 134 Å². The maximum Gasteiger partial charge on any atom is 0.126 e. The number of aromatic nitrogens is 4. The number of pyridine rings is 1. The Balaban J connectivity index is 1.41. The number of hydrogen-bond donors (Lipinski definition) is 0. The minimum absolute atomic E-state index is 0.388. The fourth-order valence-corrected chi connectivity index (χ4v) is 6.25. The molecule has 0 aliphatic carbocycles. The van der Waals surface area contributed by atoms with Gasteiger partial charge in [0.1, 0.15) is 23.3 Å². The molecule has 0 saturated carbocycles. The summed E-state index contributed by atoms with van der Waals surface area (Å²) in [6, 6.07) is 28.0. The Labute approximate surface area is 266 Å². The Hall–Kier alpha value is -6.15. The van der Waals surface area contributed by atoms with Gasteiger partial charge >= 0.3 is 0 Å². The molecule has 0 radical (unpaired) electrons. The molecule has 5 aromatic carbocycles. The number of halogens is 4. The lowest BCUT2D eigenvalue weighted by Gasteiger charge is -2.16. The summed E-state index contributed by atoms with van der Waals surface area (Å²) in [5.74, 6) is -2.71. The lowest BCUT2D eigenvalue weighted by Crippen LogP contribution is -1.99. The fourth-order valence-electron chi connectivity index (χ4n) is 6.25. The Bertz CT molecular complexity index is 2320. The van der Waals surface area contributed by atoms with Crippen LogP contribution in [0.4, 0.5) is 17.6 Å². The molecule has 0 aliphatic heterocycles. The number of nitrogens with zero attached hydrogens (tertiary/aromatic N) is 4. The maximum atomic E-state index is 14.3. The zero-order chi connectivity index (χ0) is 32.1. The molecule has 3 aromatic heterocycles. The molecule has 0 aliphatic rings. The van der Waals surface area contributed by atoms with Gasteiger partial charge in [0.2, 0.25) is 0 Å². The van der Waals surface area contributed by atoms with Gasteiger partial charge in [0, 0.05) is 58.8 Å². The second-order valence-electron chi connectivity index (χ2n) is 11.1. The van der Waals surface area contributed by atoms with E-state index >= 15 is 0 Å². The van der Waals surface area contributed by atoms with E-state index in [0.29, 0.717) is 27.9 Å². The van der Waals surface area contributed by atoms with E-state index in [1.165, 1.54) is 24.3 Å². The lowest BCUT2D eigenvalue weighted by atomic mass is 9.98. The number of fused-ring (bicyclic) bond motifs is 3. The van der Waals surface area contributed by atoms with E-state index in [4.69, 9.17) is 0 Å². The van der Waals surface area contributed by atoms with Crippen molar-refractivity contribution >= 4 is 21.8 Å². The Morgan fingerprint density at radius 3 is 1.60 bits per heavy atom. The van der Waals surface area contributed by atoms with Crippen LogP contribution in [-0.4, -0.2) is 19.5 Å². The molecule has 0 unspecified atom stereocenters. The number of benzene rings is 5. The highest BCUT2D eigenvalue weighted by atomic mass is 19.1. The van der Waals surface area contributed by atoms with Crippen molar-refractivity contribution in [2.45, 2.75) is 0 Å². The minimum atomic E-state index is -0.678. The molecule has 4 nitrogen and oxygen atoms in total. The van der Waals surface area contributed by atoms with Gasteiger partial charge in [0.05, 0.1) is 28.6 Å². The van der Waals surface area contributed by atoms with Crippen molar-refractivity contribution in [3.05, 3.63) is 157 Å². The van der Waals surface area contributed by atoms with Crippen molar-refractivity contribution < 1.29 is 17.6 Å². The quantitative estimate of drug-likeness (QED) is 0.180. The fraction of sp³-hybridized carbons (Fsp3) is 0. The Kier molecular flexibility index (Phi) is 6.83. The first-order valence-electron chi connectivity index (χ1n) is 14.7. The molecule has 8 heteroatoms. The molecule has 226 valence electrons. The van der Waals surface area contributed by atoms with Crippen LogP contribution in [0.25, 0.3) is 72.1 Å². The molecule has 0 amide bonds. The van der Waals surface area contributed by atoms with Gasteiger partial charge in [-0.25, -0.2) is 17.6 Å². The summed E-state index contributed by atoms with van der Waals surface area (Å²) >= 11 is 0. The highest BCUT2D eigenvalue weighted by molar-refractivity contribution is 6.12. The average Bonchev–Trinajstić information content (AvgIpc) is 3.40. The number of hydrogen-bond acceptors (Lipinski definition) is 3. The molecular formula is C39H22F4N4. The molecule has 47 heavy (non-hydrogen) atoms. The van der Waals surface area contributed by atoms with Crippen molar-refractivity contribution in [2.75, 3.05) is 0 Å². The summed E-state index contributed by atoms with van der Waals surface area (Å²) in [6.07, 6.45) is 8.43. The third-order valence-corrected chi connectivity index (χ3v) is 8.25. The monoisotopic (exact) mass is 622 g/mol. The van der Waals surface area contributed by atoms with Crippen molar-refractivity contribution in [2.24, 2.45) is 0 Å². The number of para-hydroxylation sites is 1. The lowest BCUT2D eigenvalue weighted by molar-refractivity contribution is 0.583. The second-order valence-corrected chi connectivity index (χ2v) is 11.1. The van der Waals surface area contributed by atoms with E-state index in [1.807, 2.05) is 66.7 Å². The molecule has 8 aromatic rings. The smallest absolute Gasteiger partial charge is 0.126 e. The van der Waals surface area contributed by atoms with Gasteiger partial charge in [-0.2, -0.15) is 0 Å². The summed E-state index contributed by atoms with van der Waals surface area (Å²) in [5.41, 5.74) is 7.79. The van der Waals surface area contributed by atoms with Gasteiger partial charge < -0.3 is 4.57 Å². The highest BCUT2D eigenvalue weighted by Crippen LogP contribution is 2.41. The van der Waals surface area contributed by atoms with E-state index in [2.05, 4.69) is 19.5 Å². The predicted molar refractivity (Wildman–Crippen MR) is 176 cm³/mol. The average molecular weight is 623 g/mol. The molecule has 0 spiro atoms. The molecule has 0 N–H and O–H groups in total. The van der Waals surface area contributed by atoms with Gasteiger partial charge in [0.15, 0.2) is 0 Å². The van der Waals surface area contributed by atoms with Crippen LogP contribution in [0.2, 0.25) is 0 Å². The summed E-state index contributed by atoms with van der Waals surface area (Å²) in [5, 5.41) is 1.58. The van der Waals surface area contributed by atoms with Crippen LogP contribution >= 0.6 is 0 Å². The Morgan fingerprint density at radius 2 is 1.02 bits per heavy atom. The van der Waals surface area contributed by atoms with Gasteiger partial charge in [-0.15, -0.1) is 0 Å². The van der Waals surface area contributed by atoms with Crippen molar-refractivity contribution in [3.8, 4) is 50.3 Å². The van der Waals surface area contributed by atoms with Crippen LogP contribution in [0.5, 0.6) is 0 Å². The topological polar surface area (TPSA) is 43.6 Å². The molecule has 0 saturated heterocycles. The summed E-state index contributed by atoms with van der Waals surface area (Å²) < 4.78 is 59.1. The van der Waals surface area contributed by atoms with Crippen LogP contribution in [0, 0.1) is 23.3 Å². The summed E-state index contributed by atoms with van der Waals surface area (Å²) in [4.78, 5) is 13.1. The number of rotatable bonds is 5. The van der Waals surface area contributed by atoms with Crippen molar-refractivity contribution in [3.63, 3.8) is 0 Å². The van der Waals surface area contributed by atoms with E-state index in [1.54, 1.807) is 31.0 Å². The zero-order valence-electron chi connectivity index (χ0n) is 24.5. The van der Waals surface area contributed by atoms with Gasteiger partial charge in [-0.3, -0.25) is 15.0 Å². The Morgan fingerprint density at radius 1 is 0.447 bits per heavy atom. The molecular weight excluding hydrogens is 600 g/mol. The predicted octanol–water partition coefficient (Wildman–Crippen LogP) is 10.2. The highest BCUT2D eigenvalue weighted by Gasteiger charge is 2.19. The first-order valence-corrected chi connectivity index (χ1v) is 14.7. The van der Waals surface area contributed by atoms with Crippen LogP contribution in [-0.2, 0) is 0 Å². The largest absolute Gasteiger partial charge is 0.309 e. The molecule has 0 fully saturated rings. The zero-order valence-corrected chi connectivity index (χ0v) is 24.5. The van der Waals surface area contributed by atoms with E-state index < -0.39 is 23.3 Å². The van der Waals surface area contributed by atoms with E-state index in [0.717, 1.165) is 56.3 Å². The first kappa shape index (κ1) is 28.3. The second kappa shape index (κ2) is 11.3. The van der Waals surface area contributed by atoms with Crippen molar-refractivity contribution in [1.29, 1.82) is 0 Å². The van der Waals surface area contributed by atoms with Crippen LogP contribution < -0.4 is 0 Å². The van der Waals surface area contributed by atoms with Gasteiger partial charge in [0.25, 0.3) is 0 Å². The third kappa shape index (κ3) is 5.10. The van der Waals surface area contributed by atoms with E-state index in [9.17, 15) is 17.6 Å². The normalized spacial score (nSPS) is 11.4. The minimum Gasteiger partial charge on any atom is -0.309 e. The maximum absolute atomic E-state index is 14.3. The third-order valence-electron chi connectivity index (χ3n) is 8.25. The summed E-state index contributed by atoms with van der Waals surface area (Å²) in [7, 11) is 0. The van der Waals surface area contributed by atoms with Gasteiger partial charge in [-0.1, -0.05) is 30.3 Å². The molecule has 3 heterocycles. The van der Waals surface area contributed by atoms with Crippen molar-refractivity contribution in [1.82, 2.24) is 19.5 Å². The van der Waals surface area contributed by atoms with Crippen LogP contribution in [0.1, 0.15) is 0 Å². The van der Waals surface area contributed by atoms with Crippen LogP contribution in [0.3, 0.4) is 0 Å².